The van der Waals surface area contributed by atoms with Gasteiger partial charge in [0, 0.05) is 25.3 Å². The number of thioether (sulfide) groups is 1. The number of rotatable bonds is 17. The van der Waals surface area contributed by atoms with Crippen molar-refractivity contribution in [1.82, 2.24) is 4.90 Å². The van der Waals surface area contributed by atoms with Crippen molar-refractivity contribution in [3.8, 4) is 11.5 Å². The normalized spacial score (nSPS) is 12.1. The largest absolute Gasteiger partial charge is 0.492 e. The fraction of sp³-hybridized carbons (Fsp3) is 0.500. The molecule has 11 heteroatoms. The van der Waals surface area contributed by atoms with Crippen molar-refractivity contribution in [1.29, 1.82) is 0 Å². The third-order valence-electron chi connectivity index (χ3n) is 5.64. The second kappa shape index (κ2) is 16.9. The number of carbonyl (C=O) groups excluding carboxylic acids is 1. The molecule has 0 bridgehead atoms. The number of alkyl halides is 3. The minimum absolute atomic E-state index is 0.133. The second-order valence-corrected chi connectivity index (χ2v) is 9.90. The monoisotopic (exact) mass is 571 g/mol. The van der Waals surface area contributed by atoms with E-state index in [1.54, 1.807) is 43.0 Å². The molecule has 0 aliphatic carbocycles. The van der Waals surface area contributed by atoms with Gasteiger partial charge < -0.3 is 24.2 Å². The zero-order valence-electron chi connectivity index (χ0n) is 22.2. The number of hydrogen-bond donors (Lipinski definition) is 1. The van der Waals surface area contributed by atoms with Crippen molar-refractivity contribution >= 4 is 23.8 Å². The van der Waals surface area contributed by atoms with Crippen molar-refractivity contribution in [3.63, 3.8) is 0 Å². The van der Waals surface area contributed by atoms with E-state index in [1.807, 2.05) is 0 Å². The Morgan fingerprint density at radius 1 is 1.00 bits per heavy atom. The van der Waals surface area contributed by atoms with Crippen LogP contribution in [0.2, 0.25) is 0 Å². The topological polar surface area (TPSA) is 85.3 Å². The Morgan fingerprint density at radius 3 is 2.38 bits per heavy atom. The maximum absolute atomic E-state index is 13.0. The van der Waals surface area contributed by atoms with Crippen molar-refractivity contribution in [2.24, 2.45) is 0 Å². The maximum Gasteiger partial charge on any atom is 0.416 e. The quantitative estimate of drug-likeness (QED) is 0.216. The highest BCUT2D eigenvalue weighted by atomic mass is 32.2. The van der Waals surface area contributed by atoms with Crippen molar-refractivity contribution in [2.75, 3.05) is 37.8 Å². The van der Waals surface area contributed by atoms with Gasteiger partial charge in [-0.2, -0.15) is 24.9 Å². The highest BCUT2D eigenvalue weighted by Crippen LogP contribution is 2.31. The third-order valence-corrected chi connectivity index (χ3v) is 6.69. The lowest BCUT2D eigenvalue weighted by Gasteiger charge is -2.22. The van der Waals surface area contributed by atoms with Gasteiger partial charge in [-0.1, -0.05) is 38.0 Å². The van der Waals surface area contributed by atoms with Crippen LogP contribution in [0, 0.1) is 0 Å². The standard InChI is InChI=1S/C28H36F3NO6S/c1-3-5-6-17-39-18-15-32(27(35)38-24-9-7-8-22(20-24)28(29,30)31)14-16-37-23-12-10-21(11-13-23)19-25(26(33)34)36-4-2/h7-13,20,25H,3-6,14-19H2,1-2H3,(H,33,34). The van der Waals surface area contributed by atoms with Crippen LogP contribution in [0.3, 0.4) is 0 Å². The number of carboxylic acids is 1. The van der Waals surface area contributed by atoms with Crippen LogP contribution in [0.4, 0.5) is 18.0 Å². The van der Waals surface area contributed by atoms with E-state index in [1.165, 1.54) is 17.0 Å². The molecule has 2 aromatic rings. The zero-order chi connectivity index (χ0) is 28.7. The Kier molecular flexibility index (Phi) is 14.0. The summed E-state index contributed by atoms with van der Waals surface area (Å²) in [5.74, 6) is 0.929. The van der Waals surface area contributed by atoms with E-state index in [0.717, 1.165) is 42.7 Å². The van der Waals surface area contributed by atoms with E-state index in [9.17, 15) is 27.9 Å². The second-order valence-electron chi connectivity index (χ2n) is 8.68. The van der Waals surface area contributed by atoms with Gasteiger partial charge in [0.1, 0.15) is 18.1 Å². The Morgan fingerprint density at radius 2 is 1.74 bits per heavy atom. The van der Waals surface area contributed by atoms with Gasteiger partial charge in [-0.3, -0.25) is 0 Å². The van der Waals surface area contributed by atoms with Gasteiger partial charge >= 0.3 is 18.2 Å². The first-order chi connectivity index (χ1) is 18.6. The summed E-state index contributed by atoms with van der Waals surface area (Å²) < 4.78 is 55.4. The van der Waals surface area contributed by atoms with Crippen LogP contribution in [-0.4, -0.2) is 66.0 Å². The van der Waals surface area contributed by atoms with Crippen molar-refractivity contribution < 1.29 is 42.1 Å². The van der Waals surface area contributed by atoms with Gasteiger partial charge in [-0.15, -0.1) is 0 Å². The average Bonchev–Trinajstić information content (AvgIpc) is 2.89. The lowest BCUT2D eigenvalue weighted by atomic mass is 10.1. The number of unbranched alkanes of at least 4 members (excludes halogenated alkanes) is 2. The molecule has 1 unspecified atom stereocenters. The number of hydrogen-bond acceptors (Lipinski definition) is 6. The molecule has 7 nitrogen and oxygen atoms in total. The first-order valence-electron chi connectivity index (χ1n) is 12.9. The van der Waals surface area contributed by atoms with Gasteiger partial charge in [0.25, 0.3) is 0 Å². The summed E-state index contributed by atoms with van der Waals surface area (Å²) >= 11 is 1.70. The average molecular weight is 572 g/mol. The zero-order valence-corrected chi connectivity index (χ0v) is 23.1. The van der Waals surface area contributed by atoms with Gasteiger partial charge in [-0.25, -0.2) is 9.59 Å². The Balaban J connectivity index is 1.96. The van der Waals surface area contributed by atoms with Gasteiger partial charge in [-0.05, 0) is 55.0 Å². The van der Waals surface area contributed by atoms with Crippen LogP contribution in [-0.2, 0) is 22.1 Å². The number of carbonyl (C=O) groups is 2. The van der Waals surface area contributed by atoms with Gasteiger partial charge in [0.2, 0.25) is 0 Å². The van der Waals surface area contributed by atoms with E-state index in [0.29, 0.717) is 24.7 Å². The molecule has 0 spiro atoms. The van der Waals surface area contributed by atoms with Gasteiger partial charge in [0.15, 0.2) is 6.10 Å². The van der Waals surface area contributed by atoms with Crippen LogP contribution in [0.25, 0.3) is 0 Å². The predicted molar refractivity (Wildman–Crippen MR) is 145 cm³/mol. The number of halogens is 3. The van der Waals surface area contributed by atoms with Gasteiger partial charge in [0.05, 0.1) is 12.1 Å². The highest BCUT2D eigenvalue weighted by molar-refractivity contribution is 7.99. The lowest BCUT2D eigenvalue weighted by Crippen LogP contribution is -2.38. The minimum Gasteiger partial charge on any atom is -0.492 e. The van der Waals surface area contributed by atoms with Crippen LogP contribution in [0.1, 0.15) is 44.2 Å². The summed E-state index contributed by atoms with van der Waals surface area (Å²) in [6, 6.07) is 11.1. The Labute approximate surface area is 231 Å². The van der Waals surface area contributed by atoms with Crippen LogP contribution < -0.4 is 9.47 Å². The summed E-state index contributed by atoms with van der Waals surface area (Å²) in [7, 11) is 0. The SMILES string of the molecule is CCCCCSCCN(CCOc1ccc(CC(OCC)C(=O)O)cc1)C(=O)Oc1cccc(C(F)(F)F)c1. The molecular formula is C28H36F3NO6S. The molecular weight excluding hydrogens is 535 g/mol. The number of amides is 1. The number of nitrogens with zero attached hydrogens (tertiary/aromatic N) is 1. The first kappa shape index (κ1) is 32.3. The number of aliphatic carboxylic acids is 1. The third kappa shape index (κ3) is 12.2. The fourth-order valence-corrected chi connectivity index (χ4v) is 4.52. The predicted octanol–water partition coefficient (Wildman–Crippen LogP) is 6.54. The molecule has 1 N–H and O–H groups in total. The summed E-state index contributed by atoms with van der Waals surface area (Å²) in [5, 5.41) is 9.25. The summed E-state index contributed by atoms with van der Waals surface area (Å²) in [6.07, 6.45) is -2.69. The van der Waals surface area contributed by atoms with E-state index < -0.39 is 29.9 Å². The Hall–Kier alpha value is -2.92. The highest BCUT2D eigenvalue weighted by Gasteiger charge is 2.31. The van der Waals surface area contributed by atoms with E-state index in [4.69, 9.17) is 14.2 Å². The molecule has 0 aliphatic rings. The summed E-state index contributed by atoms with van der Waals surface area (Å²) in [5.41, 5.74) is -0.122. The number of ether oxygens (including phenoxy) is 3. The number of benzene rings is 2. The van der Waals surface area contributed by atoms with Crippen molar-refractivity contribution in [3.05, 3.63) is 59.7 Å². The molecule has 0 radical (unpaired) electrons. The molecule has 216 valence electrons. The molecule has 0 saturated carbocycles. The maximum atomic E-state index is 13.0. The molecule has 0 aliphatic heterocycles. The Bertz CT molecular complexity index is 1020. The molecule has 0 fully saturated rings. The smallest absolute Gasteiger partial charge is 0.416 e. The molecule has 39 heavy (non-hydrogen) atoms. The molecule has 0 heterocycles. The summed E-state index contributed by atoms with van der Waals surface area (Å²) in [4.78, 5) is 25.5. The molecule has 0 aromatic heterocycles. The van der Waals surface area contributed by atoms with E-state index >= 15 is 0 Å². The fourth-order valence-electron chi connectivity index (χ4n) is 3.55. The minimum atomic E-state index is -4.54. The summed E-state index contributed by atoms with van der Waals surface area (Å²) in [6.45, 7) is 4.80. The molecule has 1 amide bonds. The lowest BCUT2D eigenvalue weighted by molar-refractivity contribution is -0.150. The van der Waals surface area contributed by atoms with E-state index in [-0.39, 0.29) is 25.3 Å². The van der Waals surface area contributed by atoms with E-state index in [2.05, 4.69) is 6.92 Å². The molecule has 1 atom stereocenters. The molecule has 2 rings (SSSR count). The first-order valence-corrected chi connectivity index (χ1v) is 14.1. The van der Waals surface area contributed by atoms with Crippen LogP contribution in [0.15, 0.2) is 48.5 Å². The van der Waals surface area contributed by atoms with Crippen molar-refractivity contribution in [2.45, 2.75) is 51.8 Å². The molecule has 0 saturated heterocycles. The number of carboxylic acid groups (broad SMARTS) is 1. The van der Waals surface area contributed by atoms with Crippen LogP contribution in [0.5, 0.6) is 11.5 Å². The van der Waals surface area contributed by atoms with Crippen LogP contribution >= 0.6 is 11.8 Å². The molecule has 2 aromatic carbocycles.